The number of amides is 2. The largest absolute Gasteiger partial charge is 0.328 e. The Morgan fingerprint density at radius 2 is 2.06 bits per heavy atom. The van der Waals surface area contributed by atoms with Crippen molar-refractivity contribution < 1.29 is 4.79 Å². The van der Waals surface area contributed by atoms with E-state index in [0.29, 0.717) is 12.5 Å². The standard InChI is InChI=1S/C14H22N2O/c1-6-16(5)14(17)15-13-11(4)8-7-9-12(13)10(2)3/h7-10H,6H2,1-5H3,(H,15,17). The molecule has 1 rings (SSSR count). The maximum atomic E-state index is 11.9. The number of nitrogens with one attached hydrogen (secondary N) is 1. The zero-order chi connectivity index (χ0) is 13.0. The lowest BCUT2D eigenvalue weighted by Gasteiger charge is -2.20. The van der Waals surface area contributed by atoms with Gasteiger partial charge in [0.15, 0.2) is 0 Å². The predicted molar refractivity (Wildman–Crippen MR) is 72.6 cm³/mol. The van der Waals surface area contributed by atoms with Crippen molar-refractivity contribution in [1.29, 1.82) is 0 Å². The first-order valence-electron chi connectivity index (χ1n) is 6.09. The summed E-state index contributed by atoms with van der Waals surface area (Å²) < 4.78 is 0. The smallest absolute Gasteiger partial charge is 0.321 e. The Labute approximate surface area is 104 Å². The van der Waals surface area contributed by atoms with E-state index in [1.54, 1.807) is 11.9 Å². The Bertz CT molecular complexity index is 399. The second kappa shape index (κ2) is 5.71. The summed E-state index contributed by atoms with van der Waals surface area (Å²) in [6.07, 6.45) is 0. The van der Waals surface area contributed by atoms with Gasteiger partial charge in [-0.25, -0.2) is 4.79 Å². The number of aryl methyl sites for hydroxylation is 1. The number of para-hydroxylation sites is 1. The second-order valence-corrected chi connectivity index (χ2v) is 4.64. The number of carbonyl (C=O) groups excluding carboxylic acids is 1. The van der Waals surface area contributed by atoms with Gasteiger partial charge in [0.2, 0.25) is 0 Å². The normalized spacial score (nSPS) is 10.5. The fourth-order valence-electron chi connectivity index (χ4n) is 1.69. The summed E-state index contributed by atoms with van der Waals surface area (Å²) in [5.74, 6) is 0.400. The van der Waals surface area contributed by atoms with Crippen molar-refractivity contribution in [2.75, 3.05) is 18.9 Å². The molecule has 1 N–H and O–H groups in total. The molecule has 0 heterocycles. The monoisotopic (exact) mass is 234 g/mol. The molecule has 2 amide bonds. The number of urea groups is 1. The summed E-state index contributed by atoms with van der Waals surface area (Å²) in [7, 11) is 1.79. The maximum Gasteiger partial charge on any atom is 0.321 e. The Morgan fingerprint density at radius 1 is 1.41 bits per heavy atom. The molecule has 0 aliphatic heterocycles. The van der Waals surface area contributed by atoms with Crippen molar-refractivity contribution in [3.05, 3.63) is 29.3 Å². The molecule has 0 spiro atoms. The van der Waals surface area contributed by atoms with Gasteiger partial charge >= 0.3 is 6.03 Å². The van der Waals surface area contributed by atoms with E-state index in [0.717, 1.165) is 11.3 Å². The first-order chi connectivity index (χ1) is 7.97. The molecule has 0 saturated carbocycles. The van der Waals surface area contributed by atoms with Crippen LogP contribution in [0.15, 0.2) is 18.2 Å². The van der Waals surface area contributed by atoms with Crippen molar-refractivity contribution in [1.82, 2.24) is 4.90 Å². The average molecular weight is 234 g/mol. The summed E-state index contributed by atoms with van der Waals surface area (Å²) in [4.78, 5) is 13.5. The lowest BCUT2D eigenvalue weighted by molar-refractivity contribution is 0.224. The van der Waals surface area contributed by atoms with Crippen LogP contribution in [0.1, 0.15) is 37.8 Å². The molecule has 17 heavy (non-hydrogen) atoms. The summed E-state index contributed by atoms with van der Waals surface area (Å²) in [5, 5.41) is 3.00. The molecule has 1 aromatic carbocycles. The Balaban J connectivity index is 3.01. The second-order valence-electron chi connectivity index (χ2n) is 4.64. The van der Waals surface area contributed by atoms with E-state index in [2.05, 4.69) is 25.2 Å². The van der Waals surface area contributed by atoms with Crippen LogP contribution < -0.4 is 5.32 Å². The molecule has 0 saturated heterocycles. The average Bonchev–Trinajstić information content (AvgIpc) is 2.30. The highest BCUT2D eigenvalue weighted by Crippen LogP contribution is 2.27. The van der Waals surface area contributed by atoms with E-state index >= 15 is 0 Å². The molecular formula is C14H22N2O. The summed E-state index contributed by atoms with van der Waals surface area (Å²) >= 11 is 0. The van der Waals surface area contributed by atoms with Crippen molar-refractivity contribution in [3.8, 4) is 0 Å². The minimum Gasteiger partial charge on any atom is -0.328 e. The van der Waals surface area contributed by atoms with Gasteiger partial charge in [0.1, 0.15) is 0 Å². The van der Waals surface area contributed by atoms with Gasteiger partial charge < -0.3 is 10.2 Å². The number of hydrogen-bond acceptors (Lipinski definition) is 1. The maximum absolute atomic E-state index is 11.9. The number of nitrogens with zero attached hydrogens (tertiary/aromatic N) is 1. The highest BCUT2D eigenvalue weighted by molar-refractivity contribution is 5.91. The zero-order valence-corrected chi connectivity index (χ0v) is 11.4. The molecule has 3 heteroatoms. The van der Waals surface area contributed by atoms with Crippen molar-refractivity contribution in [2.24, 2.45) is 0 Å². The summed E-state index contributed by atoms with van der Waals surface area (Å²) in [6, 6.07) is 6.07. The van der Waals surface area contributed by atoms with Gasteiger partial charge in [0.25, 0.3) is 0 Å². The molecular weight excluding hydrogens is 212 g/mol. The number of anilines is 1. The SMILES string of the molecule is CCN(C)C(=O)Nc1c(C)cccc1C(C)C. The Morgan fingerprint density at radius 3 is 2.59 bits per heavy atom. The van der Waals surface area contributed by atoms with Crippen molar-refractivity contribution in [3.63, 3.8) is 0 Å². The molecule has 1 aromatic rings. The third kappa shape index (κ3) is 3.22. The minimum absolute atomic E-state index is 0.0521. The van der Waals surface area contributed by atoms with Crippen LogP contribution in [-0.4, -0.2) is 24.5 Å². The van der Waals surface area contributed by atoms with Crippen LogP contribution in [0.4, 0.5) is 10.5 Å². The minimum atomic E-state index is -0.0521. The molecule has 0 bridgehead atoms. The van der Waals surface area contributed by atoms with Crippen molar-refractivity contribution >= 4 is 11.7 Å². The molecule has 0 aliphatic rings. The van der Waals surface area contributed by atoms with E-state index in [-0.39, 0.29) is 6.03 Å². The Hall–Kier alpha value is -1.51. The molecule has 0 aromatic heterocycles. The van der Waals surface area contributed by atoms with Gasteiger partial charge in [0.05, 0.1) is 0 Å². The van der Waals surface area contributed by atoms with Crippen LogP contribution in [0.5, 0.6) is 0 Å². The third-order valence-corrected chi connectivity index (χ3v) is 2.98. The first-order valence-corrected chi connectivity index (χ1v) is 6.09. The van der Waals surface area contributed by atoms with Crippen LogP contribution in [-0.2, 0) is 0 Å². The van der Waals surface area contributed by atoms with E-state index in [9.17, 15) is 4.79 Å². The quantitative estimate of drug-likeness (QED) is 0.851. The predicted octanol–water partition coefficient (Wildman–Crippen LogP) is 3.60. The summed E-state index contributed by atoms with van der Waals surface area (Å²) in [5.41, 5.74) is 3.24. The van der Waals surface area contributed by atoms with Gasteiger partial charge in [-0.3, -0.25) is 0 Å². The van der Waals surface area contributed by atoms with Crippen LogP contribution >= 0.6 is 0 Å². The highest BCUT2D eigenvalue weighted by atomic mass is 16.2. The lowest BCUT2D eigenvalue weighted by Crippen LogP contribution is -2.31. The van der Waals surface area contributed by atoms with Gasteiger partial charge in [-0.1, -0.05) is 32.0 Å². The fourth-order valence-corrected chi connectivity index (χ4v) is 1.69. The zero-order valence-electron chi connectivity index (χ0n) is 11.4. The van der Waals surface area contributed by atoms with Crippen LogP contribution in [0.3, 0.4) is 0 Å². The van der Waals surface area contributed by atoms with E-state index in [4.69, 9.17) is 0 Å². The number of rotatable bonds is 3. The topological polar surface area (TPSA) is 32.3 Å². The van der Waals surface area contributed by atoms with Crippen molar-refractivity contribution in [2.45, 2.75) is 33.6 Å². The molecule has 0 aliphatic carbocycles. The molecule has 3 nitrogen and oxygen atoms in total. The number of hydrogen-bond donors (Lipinski definition) is 1. The molecule has 0 fully saturated rings. The number of benzene rings is 1. The van der Waals surface area contributed by atoms with Gasteiger partial charge in [-0.15, -0.1) is 0 Å². The summed E-state index contributed by atoms with van der Waals surface area (Å²) in [6.45, 7) is 8.95. The third-order valence-electron chi connectivity index (χ3n) is 2.98. The Kier molecular flexibility index (Phi) is 4.55. The molecule has 0 radical (unpaired) electrons. The van der Waals surface area contributed by atoms with Gasteiger partial charge in [-0.2, -0.15) is 0 Å². The molecule has 0 atom stereocenters. The van der Waals surface area contributed by atoms with Crippen LogP contribution in [0, 0.1) is 6.92 Å². The van der Waals surface area contributed by atoms with Crippen LogP contribution in [0.2, 0.25) is 0 Å². The molecule has 0 unspecified atom stereocenters. The van der Waals surface area contributed by atoms with Gasteiger partial charge in [0, 0.05) is 19.3 Å². The molecule has 94 valence electrons. The van der Waals surface area contributed by atoms with E-state index in [1.165, 1.54) is 5.56 Å². The number of carbonyl (C=O) groups is 1. The fraction of sp³-hybridized carbons (Fsp3) is 0.500. The van der Waals surface area contributed by atoms with E-state index < -0.39 is 0 Å². The lowest BCUT2D eigenvalue weighted by atomic mass is 9.98. The highest BCUT2D eigenvalue weighted by Gasteiger charge is 2.13. The van der Waals surface area contributed by atoms with Crippen LogP contribution in [0.25, 0.3) is 0 Å². The first kappa shape index (κ1) is 13.6. The van der Waals surface area contributed by atoms with Gasteiger partial charge in [-0.05, 0) is 30.9 Å². The van der Waals surface area contributed by atoms with E-state index in [1.807, 2.05) is 26.0 Å².